The molecule has 0 aliphatic heterocycles. The third kappa shape index (κ3) is 2.87. The van der Waals surface area contributed by atoms with Crippen LogP contribution in [-0.4, -0.2) is 5.78 Å². The first-order chi connectivity index (χ1) is 8.15. The Labute approximate surface area is 98.3 Å². The highest BCUT2D eigenvalue weighted by molar-refractivity contribution is 5.94. The van der Waals surface area contributed by atoms with Crippen molar-refractivity contribution in [3.05, 3.63) is 60.2 Å². The minimum Gasteiger partial charge on any atom is -0.398 e. The number of nitrogens with two attached hydrogens (primary N) is 1. The number of hydrogen-bond acceptors (Lipinski definition) is 2. The van der Waals surface area contributed by atoms with Crippen molar-refractivity contribution in [1.29, 1.82) is 0 Å². The molecule has 0 fully saturated rings. The fourth-order valence-electron chi connectivity index (χ4n) is 1.47. The number of benzene rings is 1. The van der Waals surface area contributed by atoms with E-state index in [4.69, 9.17) is 5.73 Å². The highest BCUT2D eigenvalue weighted by Crippen LogP contribution is 2.04. The van der Waals surface area contributed by atoms with Crippen molar-refractivity contribution in [2.45, 2.75) is 6.54 Å². The number of nitrogens with zero attached hydrogens (tertiary/aromatic N) is 1. The highest BCUT2D eigenvalue weighted by Gasteiger charge is 2.11. The standard InChI is InChI=1S/C13H11FN2O/c14-11-3-1-10(2-4-11)13(17)9-16-7-5-12(15)6-8-16/h1-8,15H,9H2/p+1. The Morgan fingerprint density at radius 1 is 1.12 bits per heavy atom. The maximum Gasteiger partial charge on any atom is 0.227 e. The zero-order chi connectivity index (χ0) is 12.3. The smallest absolute Gasteiger partial charge is 0.227 e. The van der Waals surface area contributed by atoms with Crippen LogP contribution in [0.1, 0.15) is 10.4 Å². The highest BCUT2D eigenvalue weighted by atomic mass is 19.1. The van der Waals surface area contributed by atoms with E-state index in [1.165, 1.54) is 24.3 Å². The van der Waals surface area contributed by atoms with Crippen LogP contribution in [0.3, 0.4) is 0 Å². The normalized spacial score (nSPS) is 10.2. The number of carbonyl (C=O) groups is 1. The van der Waals surface area contributed by atoms with Gasteiger partial charge < -0.3 is 5.73 Å². The molecular weight excluding hydrogens is 219 g/mol. The van der Waals surface area contributed by atoms with E-state index in [1.807, 2.05) is 0 Å². The molecule has 0 bridgehead atoms. The number of anilines is 1. The number of ketones is 1. The van der Waals surface area contributed by atoms with Crippen LogP contribution in [0.15, 0.2) is 48.8 Å². The molecule has 0 aliphatic carbocycles. The number of hydrogen-bond donors (Lipinski definition) is 1. The summed E-state index contributed by atoms with van der Waals surface area (Å²) >= 11 is 0. The molecule has 1 aromatic heterocycles. The lowest BCUT2D eigenvalue weighted by Crippen LogP contribution is -2.37. The average Bonchev–Trinajstić information content (AvgIpc) is 2.33. The van der Waals surface area contributed by atoms with Crippen LogP contribution in [0.2, 0.25) is 0 Å². The van der Waals surface area contributed by atoms with E-state index >= 15 is 0 Å². The molecule has 1 aromatic carbocycles. The third-order valence-electron chi connectivity index (χ3n) is 2.41. The van der Waals surface area contributed by atoms with E-state index in [2.05, 4.69) is 0 Å². The van der Waals surface area contributed by atoms with Gasteiger partial charge in [0.15, 0.2) is 12.4 Å². The number of aromatic nitrogens is 1. The first-order valence-electron chi connectivity index (χ1n) is 5.18. The van der Waals surface area contributed by atoms with Gasteiger partial charge >= 0.3 is 0 Å². The second kappa shape index (κ2) is 4.74. The van der Waals surface area contributed by atoms with Gasteiger partial charge in [-0.1, -0.05) is 0 Å². The summed E-state index contributed by atoms with van der Waals surface area (Å²) in [7, 11) is 0. The maximum atomic E-state index is 12.7. The first kappa shape index (κ1) is 11.3. The van der Waals surface area contributed by atoms with Crippen LogP contribution < -0.4 is 10.3 Å². The summed E-state index contributed by atoms with van der Waals surface area (Å²) in [5.41, 5.74) is 6.69. The fourth-order valence-corrected chi connectivity index (χ4v) is 1.47. The number of Topliss-reactive ketones (excluding diaryl/α,β-unsaturated/α-hetero) is 1. The molecule has 0 saturated carbocycles. The van der Waals surface area contributed by atoms with Crippen LogP contribution in [-0.2, 0) is 6.54 Å². The summed E-state index contributed by atoms with van der Waals surface area (Å²) < 4.78 is 14.4. The lowest BCUT2D eigenvalue weighted by Gasteiger charge is -1.98. The van der Waals surface area contributed by atoms with Gasteiger partial charge in [-0.2, -0.15) is 4.57 Å². The molecule has 17 heavy (non-hydrogen) atoms. The van der Waals surface area contributed by atoms with Crippen molar-refractivity contribution in [1.82, 2.24) is 0 Å². The Balaban J connectivity index is 2.11. The van der Waals surface area contributed by atoms with Crippen LogP contribution in [0.25, 0.3) is 0 Å². The van der Waals surface area contributed by atoms with Gasteiger partial charge in [0.05, 0.1) is 0 Å². The molecule has 2 rings (SSSR count). The van der Waals surface area contributed by atoms with Crippen LogP contribution >= 0.6 is 0 Å². The second-order valence-corrected chi connectivity index (χ2v) is 3.73. The van der Waals surface area contributed by atoms with Crippen molar-refractivity contribution in [3.63, 3.8) is 0 Å². The molecule has 0 unspecified atom stereocenters. The largest absolute Gasteiger partial charge is 0.398 e. The number of nitrogen functional groups attached to an aromatic ring is 1. The molecule has 3 nitrogen and oxygen atoms in total. The van der Waals surface area contributed by atoms with Gasteiger partial charge in [0.1, 0.15) is 5.82 Å². The van der Waals surface area contributed by atoms with Crippen molar-refractivity contribution in [2.75, 3.05) is 5.73 Å². The Bertz CT molecular complexity index is 520. The predicted molar refractivity (Wildman–Crippen MR) is 61.8 cm³/mol. The number of rotatable bonds is 3. The van der Waals surface area contributed by atoms with Gasteiger partial charge in [-0.05, 0) is 24.3 Å². The summed E-state index contributed by atoms with van der Waals surface area (Å²) in [5, 5.41) is 0. The van der Waals surface area contributed by atoms with E-state index in [0.717, 1.165) is 0 Å². The number of pyridine rings is 1. The molecule has 0 amide bonds. The molecule has 1 heterocycles. The summed E-state index contributed by atoms with van der Waals surface area (Å²) in [6.45, 7) is 0.214. The van der Waals surface area contributed by atoms with Crippen LogP contribution in [0.4, 0.5) is 10.1 Å². The maximum absolute atomic E-state index is 12.7. The second-order valence-electron chi connectivity index (χ2n) is 3.73. The van der Waals surface area contributed by atoms with Gasteiger partial charge in [0.25, 0.3) is 0 Å². The minimum absolute atomic E-state index is 0.0697. The molecule has 0 aliphatic rings. The lowest BCUT2D eigenvalue weighted by atomic mass is 10.1. The number of carbonyl (C=O) groups excluding carboxylic acids is 1. The molecule has 0 spiro atoms. The summed E-state index contributed by atoms with van der Waals surface area (Å²) in [5.74, 6) is -0.415. The average molecular weight is 231 g/mol. The van der Waals surface area contributed by atoms with Crippen molar-refractivity contribution in [2.24, 2.45) is 0 Å². The van der Waals surface area contributed by atoms with Gasteiger partial charge in [0.2, 0.25) is 12.3 Å². The summed E-state index contributed by atoms with van der Waals surface area (Å²) in [6.07, 6.45) is 3.47. The fraction of sp³-hybridized carbons (Fsp3) is 0.0769. The summed E-state index contributed by atoms with van der Waals surface area (Å²) in [4.78, 5) is 11.8. The molecule has 4 heteroatoms. The van der Waals surface area contributed by atoms with Gasteiger partial charge in [-0.3, -0.25) is 4.79 Å². The quantitative estimate of drug-likeness (QED) is 0.644. The Morgan fingerprint density at radius 2 is 1.71 bits per heavy atom. The molecule has 0 radical (unpaired) electrons. The zero-order valence-electron chi connectivity index (χ0n) is 9.14. The third-order valence-corrected chi connectivity index (χ3v) is 2.41. The van der Waals surface area contributed by atoms with Crippen LogP contribution in [0, 0.1) is 5.82 Å². The van der Waals surface area contributed by atoms with Crippen molar-refractivity contribution in [3.8, 4) is 0 Å². The first-order valence-corrected chi connectivity index (χ1v) is 5.18. The van der Waals surface area contributed by atoms with E-state index in [9.17, 15) is 9.18 Å². The zero-order valence-corrected chi connectivity index (χ0v) is 9.14. The van der Waals surface area contributed by atoms with E-state index in [-0.39, 0.29) is 18.1 Å². The summed E-state index contributed by atoms with van der Waals surface area (Å²) in [6, 6.07) is 8.96. The number of halogens is 1. The minimum atomic E-state index is -0.346. The van der Waals surface area contributed by atoms with Gasteiger partial charge in [0, 0.05) is 23.4 Å². The Kier molecular flexibility index (Phi) is 3.14. The molecule has 2 aromatic rings. The van der Waals surface area contributed by atoms with E-state index in [1.54, 1.807) is 29.1 Å². The molecule has 0 atom stereocenters. The van der Waals surface area contributed by atoms with Gasteiger partial charge in [-0.15, -0.1) is 0 Å². The van der Waals surface area contributed by atoms with E-state index in [0.29, 0.717) is 11.3 Å². The van der Waals surface area contributed by atoms with Crippen LogP contribution in [0.5, 0.6) is 0 Å². The SMILES string of the molecule is Nc1cc[n+](CC(=O)c2ccc(F)cc2)cc1. The molecule has 0 saturated heterocycles. The van der Waals surface area contributed by atoms with Gasteiger partial charge in [-0.25, -0.2) is 4.39 Å². The lowest BCUT2D eigenvalue weighted by molar-refractivity contribution is -0.683. The Morgan fingerprint density at radius 3 is 2.29 bits per heavy atom. The molecule has 86 valence electrons. The Hall–Kier alpha value is -2.23. The topological polar surface area (TPSA) is 47.0 Å². The van der Waals surface area contributed by atoms with Crippen molar-refractivity contribution >= 4 is 11.5 Å². The van der Waals surface area contributed by atoms with E-state index < -0.39 is 0 Å². The van der Waals surface area contributed by atoms with Crippen molar-refractivity contribution < 1.29 is 13.8 Å². The molecule has 2 N–H and O–H groups in total. The molecular formula is C13H12FN2O+. The monoisotopic (exact) mass is 231 g/mol. The predicted octanol–water partition coefficient (Wildman–Crippen LogP) is 1.58.